The summed E-state index contributed by atoms with van der Waals surface area (Å²) in [6, 6.07) is 7.53. The number of ether oxygens (including phenoxy) is 2. The van der Waals surface area contributed by atoms with Crippen molar-refractivity contribution in [3.05, 3.63) is 24.3 Å². The first kappa shape index (κ1) is 13.2. The molecule has 1 heterocycles. The van der Waals surface area contributed by atoms with Gasteiger partial charge in [-0.25, -0.2) is 0 Å². The molecule has 1 fully saturated rings. The van der Waals surface area contributed by atoms with Crippen molar-refractivity contribution in [1.82, 2.24) is 4.90 Å². The first-order valence-corrected chi connectivity index (χ1v) is 6.56. The highest BCUT2D eigenvalue weighted by molar-refractivity contribution is 5.41. The number of nitrogens with two attached hydrogens (primary N) is 1. The maximum atomic E-state index is 5.70. The Balaban J connectivity index is 1.72. The molecule has 4 nitrogen and oxygen atoms in total. The summed E-state index contributed by atoms with van der Waals surface area (Å²) in [5.74, 6) is 0.878. The minimum absolute atomic E-state index is 0.323. The fourth-order valence-electron chi connectivity index (χ4n) is 2.14. The Morgan fingerprint density at radius 1 is 1.39 bits per heavy atom. The Morgan fingerprint density at radius 3 is 2.94 bits per heavy atom. The molecule has 18 heavy (non-hydrogen) atoms. The molecule has 2 N–H and O–H groups in total. The van der Waals surface area contributed by atoms with Gasteiger partial charge in [0, 0.05) is 31.9 Å². The van der Waals surface area contributed by atoms with E-state index in [-0.39, 0.29) is 0 Å². The normalized spacial score (nSPS) is 21.5. The molecule has 1 atom stereocenters. The summed E-state index contributed by atoms with van der Waals surface area (Å²) in [7, 11) is 0. The van der Waals surface area contributed by atoms with Gasteiger partial charge in [0.1, 0.15) is 12.4 Å². The summed E-state index contributed by atoms with van der Waals surface area (Å²) in [5.41, 5.74) is 6.39. The molecular formula is C14H22N2O2. The number of anilines is 1. The maximum absolute atomic E-state index is 5.70. The number of nitrogen functional groups attached to an aromatic ring is 1. The first-order chi connectivity index (χ1) is 8.74. The third-order valence-electron chi connectivity index (χ3n) is 3.09. The Kier molecular flexibility index (Phi) is 4.84. The summed E-state index contributed by atoms with van der Waals surface area (Å²) in [6.07, 6.45) is 1.43. The van der Waals surface area contributed by atoms with E-state index in [9.17, 15) is 0 Å². The molecule has 0 spiro atoms. The second kappa shape index (κ2) is 6.61. The number of benzene rings is 1. The van der Waals surface area contributed by atoms with Gasteiger partial charge >= 0.3 is 0 Å². The molecule has 1 aliphatic rings. The molecule has 0 amide bonds. The summed E-state index contributed by atoms with van der Waals surface area (Å²) < 4.78 is 11.3. The Bertz CT molecular complexity index is 353. The topological polar surface area (TPSA) is 47.7 Å². The molecule has 0 radical (unpaired) electrons. The highest BCUT2D eigenvalue weighted by atomic mass is 16.5. The lowest BCUT2D eigenvalue weighted by Gasteiger charge is -2.21. The van der Waals surface area contributed by atoms with Gasteiger partial charge in [0.25, 0.3) is 0 Å². The zero-order valence-corrected chi connectivity index (χ0v) is 11.0. The molecule has 0 saturated carbocycles. The van der Waals surface area contributed by atoms with E-state index in [0.717, 1.165) is 44.1 Å². The van der Waals surface area contributed by atoms with E-state index in [2.05, 4.69) is 11.8 Å². The maximum Gasteiger partial charge on any atom is 0.119 e. The smallest absolute Gasteiger partial charge is 0.119 e. The van der Waals surface area contributed by atoms with Gasteiger partial charge in [0.2, 0.25) is 0 Å². The third-order valence-corrected chi connectivity index (χ3v) is 3.09. The fourth-order valence-corrected chi connectivity index (χ4v) is 2.14. The lowest BCUT2D eigenvalue weighted by Crippen LogP contribution is -2.33. The van der Waals surface area contributed by atoms with E-state index in [1.165, 1.54) is 0 Å². The van der Waals surface area contributed by atoms with Gasteiger partial charge in [0.15, 0.2) is 0 Å². The molecule has 100 valence electrons. The third kappa shape index (κ3) is 4.20. The van der Waals surface area contributed by atoms with Crippen molar-refractivity contribution in [3.8, 4) is 5.75 Å². The quantitative estimate of drug-likeness (QED) is 0.827. The van der Waals surface area contributed by atoms with Crippen LogP contribution in [0.2, 0.25) is 0 Å². The molecule has 0 bridgehead atoms. The predicted molar refractivity (Wildman–Crippen MR) is 72.8 cm³/mol. The molecule has 1 aliphatic heterocycles. The van der Waals surface area contributed by atoms with Crippen molar-refractivity contribution >= 4 is 5.69 Å². The van der Waals surface area contributed by atoms with Crippen LogP contribution in [0.1, 0.15) is 13.3 Å². The summed E-state index contributed by atoms with van der Waals surface area (Å²) in [6.45, 7) is 6.73. The van der Waals surface area contributed by atoms with E-state index < -0.39 is 0 Å². The monoisotopic (exact) mass is 250 g/mol. The zero-order chi connectivity index (χ0) is 12.8. The number of hydrogen-bond acceptors (Lipinski definition) is 4. The highest BCUT2D eigenvalue weighted by Gasteiger charge is 2.14. The average molecular weight is 250 g/mol. The van der Waals surface area contributed by atoms with Crippen molar-refractivity contribution in [2.45, 2.75) is 19.4 Å². The molecule has 4 heteroatoms. The van der Waals surface area contributed by atoms with Crippen molar-refractivity contribution in [1.29, 1.82) is 0 Å². The zero-order valence-electron chi connectivity index (χ0n) is 11.0. The minimum Gasteiger partial charge on any atom is -0.492 e. The standard InChI is InChI=1S/C14H22N2O2/c1-12-11-16(7-2-9-17-12)8-10-18-14-5-3-13(15)4-6-14/h3-6,12H,2,7-11,15H2,1H3. The largest absolute Gasteiger partial charge is 0.492 e. The Labute approximate surface area is 109 Å². The molecule has 0 aliphatic carbocycles. The van der Waals surface area contributed by atoms with E-state index >= 15 is 0 Å². The lowest BCUT2D eigenvalue weighted by molar-refractivity contribution is 0.0658. The van der Waals surface area contributed by atoms with Crippen LogP contribution in [0.15, 0.2) is 24.3 Å². The summed E-state index contributed by atoms with van der Waals surface area (Å²) in [4.78, 5) is 2.40. The van der Waals surface area contributed by atoms with Gasteiger partial charge in [0.05, 0.1) is 6.10 Å². The van der Waals surface area contributed by atoms with Gasteiger partial charge in [-0.2, -0.15) is 0 Å². The number of nitrogens with zero attached hydrogens (tertiary/aromatic N) is 1. The molecule has 1 saturated heterocycles. The minimum atomic E-state index is 0.323. The SMILES string of the molecule is CC1CN(CCOc2ccc(N)cc2)CCCO1. The molecular weight excluding hydrogens is 228 g/mol. The molecule has 1 unspecified atom stereocenters. The van der Waals surface area contributed by atoms with Gasteiger partial charge in [-0.3, -0.25) is 4.90 Å². The number of hydrogen-bond donors (Lipinski definition) is 1. The van der Waals surface area contributed by atoms with Gasteiger partial charge in [-0.05, 0) is 37.6 Å². The van der Waals surface area contributed by atoms with Gasteiger partial charge in [-0.1, -0.05) is 0 Å². The summed E-state index contributed by atoms with van der Waals surface area (Å²) in [5, 5.41) is 0. The molecule has 0 aromatic heterocycles. The number of rotatable bonds is 4. The van der Waals surface area contributed by atoms with Crippen LogP contribution in [0.25, 0.3) is 0 Å². The van der Waals surface area contributed by atoms with Crippen molar-refractivity contribution in [2.75, 3.05) is 38.6 Å². The molecule has 1 aromatic rings. The predicted octanol–water partition coefficient (Wildman–Crippen LogP) is 1.76. The average Bonchev–Trinajstić information content (AvgIpc) is 2.56. The van der Waals surface area contributed by atoms with Crippen LogP contribution < -0.4 is 10.5 Å². The molecule has 2 rings (SSSR count). The van der Waals surface area contributed by atoms with E-state index in [1.807, 2.05) is 24.3 Å². The van der Waals surface area contributed by atoms with E-state index in [4.69, 9.17) is 15.2 Å². The van der Waals surface area contributed by atoms with E-state index in [0.29, 0.717) is 12.7 Å². The van der Waals surface area contributed by atoms with Crippen molar-refractivity contribution in [2.24, 2.45) is 0 Å². The van der Waals surface area contributed by atoms with Crippen LogP contribution in [-0.2, 0) is 4.74 Å². The van der Waals surface area contributed by atoms with Crippen molar-refractivity contribution in [3.63, 3.8) is 0 Å². The Morgan fingerprint density at radius 2 is 2.17 bits per heavy atom. The van der Waals surface area contributed by atoms with Crippen LogP contribution in [-0.4, -0.2) is 43.9 Å². The summed E-state index contributed by atoms with van der Waals surface area (Å²) >= 11 is 0. The van der Waals surface area contributed by atoms with Gasteiger partial charge in [-0.15, -0.1) is 0 Å². The Hall–Kier alpha value is -1.26. The second-order valence-electron chi connectivity index (χ2n) is 4.75. The molecule has 1 aromatic carbocycles. The van der Waals surface area contributed by atoms with Crippen LogP contribution in [0.5, 0.6) is 5.75 Å². The van der Waals surface area contributed by atoms with Gasteiger partial charge < -0.3 is 15.2 Å². The van der Waals surface area contributed by atoms with Crippen molar-refractivity contribution < 1.29 is 9.47 Å². The van der Waals surface area contributed by atoms with E-state index in [1.54, 1.807) is 0 Å². The van der Waals surface area contributed by atoms with Crippen LogP contribution in [0.4, 0.5) is 5.69 Å². The van der Waals surface area contributed by atoms with Crippen LogP contribution >= 0.6 is 0 Å². The first-order valence-electron chi connectivity index (χ1n) is 6.56. The highest BCUT2D eigenvalue weighted by Crippen LogP contribution is 2.13. The fraction of sp³-hybridized carbons (Fsp3) is 0.571. The lowest BCUT2D eigenvalue weighted by atomic mass is 10.3. The van der Waals surface area contributed by atoms with Crippen LogP contribution in [0, 0.1) is 0 Å². The second-order valence-corrected chi connectivity index (χ2v) is 4.75. The van der Waals surface area contributed by atoms with Crippen LogP contribution in [0.3, 0.4) is 0 Å².